The maximum absolute atomic E-state index is 5.48. The molecule has 0 aromatic rings. The number of epoxide rings is 1. The molecule has 0 saturated carbocycles. The van der Waals surface area contributed by atoms with Crippen molar-refractivity contribution >= 4 is 0 Å². The number of rotatable bonds is 9. The summed E-state index contributed by atoms with van der Waals surface area (Å²) in [5.41, 5.74) is 0. The molecule has 0 bridgehead atoms. The highest BCUT2D eigenvalue weighted by Gasteiger charge is 2.21. The predicted octanol–water partition coefficient (Wildman–Crippen LogP) is 2.76. The molecule has 2 heteroatoms. The first-order chi connectivity index (χ1) is 6.43. The van der Waals surface area contributed by atoms with Crippen molar-refractivity contribution in [3.05, 3.63) is 0 Å². The molecule has 0 radical (unpaired) electrons. The molecule has 78 valence electrons. The van der Waals surface area contributed by atoms with Gasteiger partial charge in [-0.25, -0.2) is 0 Å². The minimum Gasteiger partial charge on any atom is -0.381 e. The Kier molecular flexibility index (Phi) is 6.21. The summed E-state index contributed by atoms with van der Waals surface area (Å²) in [6.45, 7) is 5.03. The number of ether oxygens (including phenoxy) is 2. The lowest BCUT2D eigenvalue weighted by Crippen LogP contribution is -2.00. The molecule has 2 nitrogen and oxygen atoms in total. The maximum atomic E-state index is 5.48. The molecule has 1 unspecified atom stereocenters. The van der Waals surface area contributed by atoms with Gasteiger partial charge in [0.15, 0.2) is 0 Å². The standard InChI is InChI=1S/C11H22O2/c1-2-3-4-5-6-8-12-9-7-11-10-13-11/h11H,2-10H2,1H3. The van der Waals surface area contributed by atoms with Gasteiger partial charge < -0.3 is 9.47 Å². The second-order valence-corrected chi connectivity index (χ2v) is 3.77. The third-order valence-electron chi connectivity index (χ3n) is 2.38. The molecule has 1 rings (SSSR count). The summed E-state index contributed by atoms with van der Waals surface area (Å²) in [7, 11) is 0. The largest absolute Gasteiger partial charge is 0.381 e. The van der Waals surface area contributed by atoms with E-state index in [1.54, 1.807) is 0 Å². The van der Waals surface area contributed by atoms with Crippen LogP contribution in [-0.2, 0) is 9.47 Å². The summed E-state index contributed by atoms with van der Waals surface area (Å²) >= 11 is 0. The quantitative estimate of drug-likeness (QED) is 0.408. The zero-order valence-electron chi connectivity index (χ0n) is 8.76. The van der Waals surface area contributed by atoms with Crippen molar-refractivity contribution in [1.29, 1.82) is 0 Å². The van der Waals surface area contributed by atoms with Gasteiger partial charge >= 0.3 is 0 Å². The molecule has 0 N–H and O–H groups in total. The van der Waals surface area contributed by atoms with Gasteiger partial charge in [0.25, 0.3) is 0 Å². The molecular weight excluding hydrogens is 164 g/mol. The van der Waals surface area contributed by atoms with E-state index in [0.717, 1.165) is 26.2 Å². The number of hydrogen-bond donors (Lipinski definition) is 0. The van der Waals surface area contributed by atoms with Crippen molar-refractivity contribution in [1.82, 2.24) is 0 Å². The van der Waals surface area contributed by atoms with Crippen molar-refractivity contribution in [2.24, 2.45) is 0 Å². The van der Waals surface area contributed by atoms with Crippen LogP contribution in [0.25, 0.3) is 0 Å². The topological polar surface area (TPSA) is 21.8 Å². The Labute approximate surface area is 81.6 Å². The highest BCUT2D eigenvalue weighted by Crippen LogP contribution is 2.12. The monoisotopic (exact) mass is 186 g/mol. The van der Waals surface area contributed by atoms with E-state index in [9.17, 15) is 0 Å². The molecule has 0 amide bonds. The highest BCUT2D eigenvalue weighted by atomic mass is 16.6. The maximum Gasteiger partial charge on any atom is 0.0831 e. The molecule has 1 heterocycles. The third-order valence-corrected chi connectivity index (χ3v) is 2.38. The van der Waals surface area contributed by atoms with Crippen LogP contribution in [0.5, 0.6) is 0 Å². The first-order valence-electron chi connectivity index (χ1n) is 5.63. The molecule has 0 aliphatic carbocycles. The second kappa shape index (κ2) is 7.34. The van der Waals surface area contributed by atoms with E-state index in [1.807, 2.05) is 0 Å². The molecule has 1 aliphatic rings. The molecule has 13 heavy (non-hydrogen) atoms. The van der Waals surface area contributed by atoms with Gasteiger partial charge in [-0.15, -0.1) is 0 Å². The Morgan fingerprint density at radius 3 is 2.62 bits per heavy atom. The number of hydrogen-bond acceptors (Lipinski definition) is 2. The Morgan fingerprint density at radius 1 is 1.15 bits per heavy atom. The van der Waals surface area contributed by atoms with E-state index >= 15 is 0 Å². The summed E-state index contributed by atoms with van der Waals surface area (Å²) in [6, 6.07) is 0. The number of unbranched alkanes of at least 4 members (excludes halogenated alkanes) is 4. The van der Waals surface area contributed by atoms with Crippen LogP contribution in [0.15, 0.2) is 0 Å². The third kappa shape index (κ3) is 7.03. The Hall–Kier alpha value is -0.0800. The van der Waals surface area contributed by atoms with E-state index in [-0.39, 0.29) is 0 Å². The summed E-state index contributed by atoms with van der Waals surface area (Å²) < 4.78 is 10.6. The van der Waals surface area contributed by atoms with Gasteiger partial charge in [0.1, 0.15) is 0 Å². The van der Waals surface area contributed by atoms with Gasteiger partial charge in [-0.05, 0) is 12.8 Å². The van der Waals surface area contributed by atoms with Crippen molar-refractivity contribution in [3.8, 4) is 0 Å². The molecule has 1 atom stereocenters. The summed E-state index contributed by atoms with van der Waals surface area (Å²) in [5.74, 6) is 0. The van der Waals surface area contributed by atoms with Gasteiger partial charge in [-0.2, -0.15) is 0 Å². The van der Waals surface area contributed by atoms with Crippen molar-refractivity contribution in [3.63, 3.8) is 0 Å². The zero-order valence-corrected chi connectivity index (χ0v) is 8.76. The average molecular weight is 186 g/mol. The Balaban J connectivity index is 1.63. The SMILES string of the molecule is CCCCCCCOCCC1CO1. The van der Waals surface area contributed by atoms with Gasteiger partial charge in [0, 0.05) is 13.2 Å². The van der Waals surface area contributed by atoms with Crippen LogP contribution in [0.3, 0.4) is 0 Å². The van der Waals surface area contributed by atoms with Gasteiger partial charge in [-0.3, -0.25) is 0 Å². The van der Waals surface area contributed by atoms with Crippen LogP contribution in [-0.4, -0.2) is 25.9 Å². The molecule has 1 aliphatic heterocycles. The predicted molar refractivity (Wildman–Crippen MR) is 53.9 cm³/mol. The first kappa shape index (κ1) is 11.0. The normalized spacial score (nSPS) is 20.5. The average Bonchev–Trinajstić information content (AvgIpc) is 2.93. The first-order valence-corrected chi connectivity index (χ1v) is 5.63. The Bertz CT molecular complexity index is 111. The molecule has 0 spiro atoms. The van der Waals surface area contributed by atoms with Crippen LogP contribution >= 0.6 is 0 Å². The minimum atomic E-state index is 0.528. The van der Waals surface area contributed by atoms with Crippen LogP contribution < -0.4 is 0 Å². The van der Waals surface area contributed by atoms with Gasteiger partial charge in [-0.1, -0.05) is 32.6 Å². The van der Waals surface area contributed by atoms with Crippen LogP contribution in [0.1, 0.15) is 45.4 Å². The van der Waals surface area contributed by atoms with E-state index in [2.05, 4.69) is 6.92 Å². The van der Waals surface area contributed by atoms with E-state index in [4.69, 9.17) is 9.47 Å². The molecule has 1 saturated heterocycles. The van der Waals surface area contributed by atoms with Gasteiger partial charge in [0.05, 0.1) is 12.7 Å². The lowest BCUT2D eigenvalue weighted by Gasteiger charge is -2.02. The summed E-state index contributed by atoms with van der Waals surface area (Å²) in [5, 5.41) is 0. The van der Waals surface area contributed by atoms with Crippen LogP contribution in [0, 0.1) is 0 Å². The zero-order chi connectivity index (χ0) is 9.36. The Morgan fingerprint density at radius 2 is 1.92 bits per heavy atom. The molecule has 0 aromatic heterocycles. The summed E-state index contributed by atoms with van der Waals surface area (Å²) in [4.78, 5) is 0. The van der Waals surface area contributed by atoms with E-state index in [1.165, 1.54) is 32.1 Å². The smallest absolute Gasteiger partial charge is 0.0831 e. The van der Waals surface area contributed by atoms with Crippen molar-refractivity contribution in [2.45, 2.75) is 51.6 Å². The molecule has 1 fully saturated rings. The molecule has 0 aromatic carbocycles. The molecular formula is C11H22O2. The summed E-state index contributed by atoms with van der Waals surface area (Å²) in [6.07, 6.45) is 8.23. The fourth-order valence-corrected chi connectivity index (χ4v) is 1.36. The van der Waals surface area contributed by atoms with Gasteiger partial charge in [0.2, 0.25) is 0 Å². The van der Waals surface area contributed by atoms with E-state index in [0.29, 0.717) is 6.10 Å². The lowest BCUT2D eigenvalue weighted by atomic mass is 10.2. The second-order valence-electron chi connectivity index (χ2n) is 3.77. The highest BCUT2D eigenvalue weighted by molar-refractivity contribution is 4.67. The fourth-order valence-electron chi connectivity index (χ4n) is 1.36. The van der Waals surface area contributed by atoms with E-state index < -0.39 is 0 Å². The fraction of sp³-hybridized carbons (Fsp3) is 1.00. The van der Waals surface area contributed by atoms with Crippen LogP contribution in [0.4, 0.5) is 0 Å². The van der Waals surface area contributed by atoms with Crippen molar-refractivity contribution in [2.75, 3.05) is 19.8 Å². The minimum absolute atomic E-state index is 0.528. The lowest BCUT2D eigenvalue weighted by molar-refractivity contribution is 0.121. The van der Waals surface area contributed by atoms with Crippen molar-refractivity contribution < 1.29 is 9.47 Å². The van der Waals surface area contributed by atoms with Crippen LogP contribution in [0.2, 0.25) is 0 Å².